The number of carbonyl (C=O) groups is 14. The van der Waals surface area contributed by atoms with Gasteiger partial charge in [-0.3, -0.25) is 67.1 Å². The lowest BCUT2D eigenvalue weighted by atomic mass is 9.98. The Morgan fingerprint density at radius 2 is 0.936 bits per heavy atom. The molecule has 0 bridgehead atoms. The number of aromatic amines is 1. The number of phenols is 2. The second-order valence-corrected chi connectivity index (χ2v) is 34.2. The molecule has 2 aliphatic rings. The van der Waals surface area contributed by atoms with Crippen molar-refractivity contribution < 1.29 is 82.4 Å². The Morgan fingerprint density at radius 1 is 0.464 bits per heavy atom. The van der Waals surface area contributed by atoms with Crippen molar-refractivity contribution >= 4 is 105 Å². The molecule has 2 aliphatic heterocycles. The van der Waals surface area contributed by atoms with E-state index < -0.39 is 174 Å². The van der Waals surface area contributed by atoms with Gasteiger partial charge >= 0.3 is 5.97 Å². The maximum atomic E-state index is 15.6. The molecule has 668 valence electrons. The molecule has 2 saturated heterocycles. The molecule has 9 rings (SSSR count). The Bertz CT molecular complexity index is 4890. The lowest BCUT2D eigenvalue weighted by molar-refractivity contribution is -0.152. The van der Waals surface area contributed by atoms with E-state index in [1.54, 1.807) is 142 Å². The highest BCUT2D eigenvalue weighted by Crippen LogP contribution is 2.27. The molecule has 6 aromatic carbocycles. The van der Waals surface area contributed by atoms with Gasteiger partial charge in [-0.25, -0.2) is 0 Å². The van der Waals surface area contributed by atoms with E-state index in [1.165, 1.54) is 79.3 Å². The minimum atomic E-state index is -1.86. The molecule has 0 aliphatic carbocycles. The Balaban J connectivity index is 1.09. The lowest BCUT2D eigenvalue weighted by Gasteiger charge is -2.38. The predicted octanol–water partition coefficient (Wildman–Crippen LogP) is 5.28. The number of para-hydroxylation sites is 1. The largest absolute Gasteiger partial charge is 0.508 e. The standard InChI is InChI=1S/C93H118N14O17S/c1-11-12-33-76-92(123)107-43-24-34-75(107)87(118)100-72(51-81(112)113)86(117)102-82(57(4)5)93(124)105(9)77(48-60-27-18-14-19-28-60)88(119)101-73(47-63-37-41-66(109)42-38-63)89(120)103(7)53-79(110)96-71(50-64-52-94-68-32-23-22-31-67(64)68)85(116)99-70(45-62-35-39-65(108)40-36-62)84(115)98-69(44-56(2)3)83(114)95-58(6)54-125-55-80(111)97-74(46-59-25-16-13-17-26-59)90(121)106(10)78(91(122)104(76)8)49-61-29-20-15-21-30-61/h13-23,25-32,35-42,52,56-58,69-78,82,94,108-109H,11-12,24,33-34,43-51,53-55H2,1-10H3,(H,95,114)(H,96,110)(H,97,111)(H,98,115)(H,99,116)(H,100,118)(H,101,119)(H,102,117)(H,112,113)/t58-,69+,70+,71+,72+,73+,74+,75-,76+,77+,78+,82+/m1/s1. The van der Waals surface area contributed by atoms with E-state index in [0.29, 0.717) is 57.1 Å². The van der Waals surface area contributed by atoms with Crippen molar-refractivity contribution in [3.63, 3.8) is 0 Å². The zero-order valence-electron chi connectivity index (χ0n) is 72.5. The number of thioether (sulfide) groups is 1. The predicted molar refractivity (Wildman–Crippen MR) is 473 cm³/mol. The fourth-order valence-electron chi connectivity index (χ4n) is 15.6. The summed E-state index contributed by atoms with van der Waals surface area (Å²) in [6.07, 6.45) is 1.35. The molecule has 3 heterocycles. The van der Waals surface area contributed by atoms with Crippen molar-refractivity contribution in [3.8, 4) is 11.5 Å². The fourth-order valence-corrected chi connectivity index (χ4v) is 16.4. The zero-order valence-corrected chi connectivity index (χ0v) is 73.3. The number of phenolic OH excluding ortho intramolecular Hbond substituents is 2. The fraction of sp³-hybridized carbons (Fsp3) is 0.441. The summed E-state index contributed by atoms with van der Waals surface area (Å²) in [5, 5.41) is 54.3. The SMILES string of the molecule is CCCC[C@H]1C(=O)N2CCC[C@@H]2C(=O)N[C@@H](CC(=O)O)C(=O)N[C@@H](C(C)C)C(=O)N(C)[C@@H](Cc2ccccc2)C(=O)N[C@@H](Cc2ccc(O)cc2)C(=O)N(C)CC(=O)N[C@@H](Cc2c[nH]c3ccccc23)C(=O)N[C@@H](Cc2ccc(O)cc2)C(=O)N[C@@H](CC(C)C)C(=O)N[C@H](C)CSCC(=O)N[C@@H](Cc2ccccc2)C(=O)N(C)[C@@H](Cc2ccccc2)C(=O)N1C. The van der Waals surface area contributed by atoms with Crippen molar-refractivity contribution in [1.82, 2.24) is 72.0 Å². The van der Waals surface area contributed by atoms with Gasteiger partial charge in [0.1, 0.15) is 78.0 Å². The number of benzene rings is 6. The number of H-pyrrole nitrogens is 1. The van der Waals surface area contributed by atoms with Crippen LogP contribution in [0.25, 0.3) is 10.9 Å². The first-order valence-electron chi connectivity index (χ1n) is 42.5. The van der Waals surface area contributed by atoms with Crippen molar-refractivity contribution in [2.75, 3.05) is 52.8 Å². The maximum absolute atomic E-state index is 15.6. The van der Waals surface area contributed by atoms with E-state index >= 15 is 38.4 Å². The summed E-state index contributed by atoms with van der Waals surface area (Å²) in [7, 11) is 5.51. The molecule has 13 amide bonds. The number of rotatable bonds is 20. The summed E-state index contributed by atoms with van der Waals surface area (Å²) in [6, 6.07) is 29.0. The number of carboxylic acid groups (broad SMARTS) is 1. The van der Waals surface area contributed by atoms with E-state index in [4.69, 9.17) is 0 Å². The van der Waals surface area contributed by atoms with Crippen LogP contribution in [-0.4, -0.2) is 253 Å². The zero-order chi connectivity index (χ0) is 90.7. The van der Waals surface area contributed by atoms with Crippen molar-refractivity contribution in [2.24, 2.45) is 11.8 Å². The molecule has 0 spiro atoms. The molecule has 125 heavy (non-hydrogen) atoms. The van der Waals surface area contributed by atoms with Crippen molar-refractivity contribution in [2.45, 2.75) is 198 Å². The number of nitrogens with one attached hydrogen (secondary N) is 9. The van der Waals surface area contributed by atoms with Crippen molar-refractivity contribution in [3.05, 3.63) is 203 Å². The number of hydrogen-bond acceptors (Lipinski definition) is 17. The van der Waals surface area contributed by atoms with Gasteiger partial charge in [0, 0.05) is 102 Å². The van der Waals surface area contributed by atoms with Gasteiger partial charge in [-0.2, -0.15) is 0 Å². The number of aliphatic carboxylic acids is 1. The number of fused-ring (bicyclic) bond motifs is 2. The summed E-state index contributed by atoms with van der Waals surface area (Å²) >= 11 is 1.15. The van der Waals surface area contributed by atoms with Gasteiger partial charge in [-0.15, -0.1) is 11.8 Å². The number of aromatic hydroxyl groups is 2. The van der Waals surface area contributed by atoms with Crippen LogP contribution in [0.2, 0.25) is 0 Å². The quantitative estimate of drug-likeness (QED) is 0.0462. The number of nitrogens with zero attached hydrogens (tertiary/aromatic N) is 5. The average Bonchev–Trinajstić information content (AvgIpc) is 1.79. The van der Waals surface area contributed by atoms with Crippen LogP contribution in [0.3, 0.4) is 0 Å². The average molecular weight is 1740 g/mol. The van der Waals surface area contributed by atoms with Crippen LogP contribution in [0, 0.1) is 11.8 Å². The molecule has 2 fully saturated rings. The molecule has 0 radical (unpaired) electrons. The Labute approximate surface area is 733 Å². The first-order valence-corrected chi connectivity index (χ1v) is 43.6. The van der Waals surface area contributed by atoms with Crippen LogP contribution >= 0.6 is 11.8 Å². The van der Waals surface area contributed by atoms with E-state index in [2.05, 4.69) is 47.5 Å². The minimum absolute atomic E-state index is 0.0133. The molecular formula is C93H118N14O17S. The van der Waals surface area contributed by atoms with Gasteiger partial charge in [0.25, 0.3) is 0 Å². The van der Waals surface area contributed by atoms with Gasteiger partial charge in [0.2, 0.25) is 76.8 Å². The topological polar surface area (TPSA) is 428 Å². The highest BCUT2D eigenvalue weighted by molar-refractivity contribution is 8.00. The van der Waals surface area contributed by atoms with Crippen molar-refractivity contribution in [1.29, 1.82) is 0 Å². The number of carboxylic acids is 1. The molecule has 31 nitrogen and oxygen atoms in total. The second kappa shape index (κ2) is 46.2. The Kier molecular flexibility index (Phi) is 35.6. The van der Waals surface area contributed by atoms with E-state index in [-0.39, 0.29) is 99.7 Å². The number of hydrogen-bond donors (Lipinski definition) is 12. The number of carbonyl (C=O) groups excluding carboxylic acids is 13. The molecule has 1 aromatic heterocycles. The lowest BCUT2D eigenvalue weighted by Crippen LogP contribution is -2.61. The minimum Gasteiger partial charge on any atom is -0.508 e. The van der Waals surface area contributed by atoms with Gasteiger partial charge in [-0.05, 0) is 108 Å². The van der Waals surface area contributed by atoms with Crippen LogP contribution < -0.4 is 42.5 Å². The molecular weight excluding hydrogens is 1620 g/mol. The van der Waals surface area contributed by atoms with Gasteiger partial charge < -0.3 is 87.3 Å². The normalized spacial score (nSPS) is 23.4. The molecule has 0 saturated carbocycles. The van der Waals surface area contributed by atoms with Crippen LogP contribution in [0.5, 0.6) is 11.5 Å². The van der Waals surface area contributed by atoms with E-state index in [9.17, 15) is 44.1 Å². The molecule has 7 aromatic rings. The third kappa shape index (κ3) is 27.7. The highest BCUT2D eigenvalue weighted by Gasteiger charge is 2.45. The molecule has 0 unspecified atom stereocenters. The first-order chi connectivity index (χ1) is 59.7. The van der Waals surface area contributed by atoms with Crippen LogP contribution in [0.1, 0.15) is 120 Å². The summed E-state index contributed by atoms with van der Waals surface area (Å²) in [6.45, 7) is 9.78. The van der Waals surface area contributed by atoms with Gasteiger partial charge in [0.05, 0.1) is 18.7 Å². The number of aromatic nitrogens is 1. The third-order valence-corrected chi connectivity index (χ3v) is 23.7. The molecule has 12 N–H and O–H groups in total. The summed E-state index contributed by atoms with van der Waals surface area (Å²) in [5.74, 6) is -12.9. The van der Waals surface area contributed by atoms with Crippen LogP contribution in [0.4, 0.5) is 0 Å². The number of likely N-dealkylation sites (N-methyl/N-ethyl adjacent to an activating group) is 4. The summed E-state index contributed by atoms with van der Waals surface area (Å²) in [4.78, 5) is 218. The Morgan fingerprint density at radius 3 is 1.50 bits per heavy atom. The maximum Gasteiger partial charge on any atom is 0.305 e. The number of unbranched alkanes of at least 4 members (excludes halogenated alkanes) is 1. The van der Waals surface area contributed by atoms with Crippen LogP contribution in [-0.2, 0) is 106 Å². The highest BCUT2D eigenvalue weighted by atomic mass is 32.2. The third-order valence-electron chi connectivity index (χ3n) is 22.5. The molecule has 32 heteroatoms. The van der Waals surface area contributed by atoms with Gasteiger partial charge in [-0.1, -0.05) is 181 Å². The second-order valence-electron chi connectivity index (χ2n) is 33.2. The monoisotopic (exact) mass is 1730 g/mol. The number of amides is 13. The van der Waals surface area contributed by atoms with E-state index in [1.807, 2.05) is 32.9 Å². The van der Waals surface area contributed by atoms with Gasteiger partial charge in [0.15, 0.2) is 0 Å². The Hall–Kier alpha value is -12.6. The smallest absolute Gasteiger partial charge is 0.305 e. The molecule has 12 atom stereocenters. The summed E-state index contributed by atoms with van der Waals surface area (Å²) in [5.41, 5.74) is 4.05. The first kappa shape index (κ1) is 96.2. The van der Waals surface area contributed by atoms with Crippen LogP contribution in [0.15, 0.2) is 170 Å². The summed E-state index contributed by atoms with van der Waals surface area (Å²) < 4.78 is 0. The van der Waals surface area contributed by atoms with E-state index in [0.717, 1.165) is 21.6 Å².